The van der Waals surface area contributed by atoms with Crippen LogP contribution >= 0.6 is 12.4 Å². The highest BCUT2D eigenvalue weighted by molar-refractivity contribution is 5.95. The average molecular weight is 430 g/mol. The molecule has 1 amide bonds. The first-order valence-corrected chi connectivity index (χ1v) is 10.3. The largest absolute Gasteiger partial charge is 0.352 e. The fourth-order valence-electron chi connectivity index (χ4n) is 4.01. The van der Waals surface area contributed by atoms with Crippen molar-refractivity contribution in [3.05, 3.63) is 64.2 Å². The van der Waals surface area contributed by atoms with Gasteiger partial charge < -0.3 is 15.2 Å². The van der Waals surface area contributed by atoms with Crippen molar-refractivity contribution in [3.8, 4) is 0 Å². The zero-order valence-corrected chi connectivity index (χ0v) is 18.0. The van der Waals surface area contributed by atoms with E-state index in [4.69, 9.17) is 0 Å². The highest BCUT2D eigenvalue weighted by Crippen LogP contribution is 2.17. The molecule has 1 aliphatic rings. The van der Waals surface area contributed by atoms with E-state index in [1.807, 2.05) is 54.3 Å². The van der Waals surface area contributed by atoms with E-state index in [1.165, 1.54) is 0 Å². The smallest absolute Gasteiger partial charge is 0.263 e. The van der Waals surface area contributed by atoms with Crippen LogP contribution in [-0.4, -0.2) is 39.9 Å². The summed E-state index contributed by atoms with van der Waals surface area (Å²) in [6, 6.07) is 10.1. The van der Waals surface area contributed by atoms with E-state index in [0.717, 1.165) is 48.8 Å². The first kappa shape index (κ1) is 22.1. The number of pyridine rings is 1. The van der Waals surface area contributed by atoms with Crippen LogP contribution in [0.15, 0.2) is 47.5 Å². The molecule has 160 valence electrons. The van der Waals surface area contributed by atoms with Gasteiger partial charge in [-0.1, -0.05) is 18.2 Å². The minimum atomic E-state index is -0.291. The van der Waals surface area contributed by atoms with E-state index in [9.17, 15) is 9.59 Å². The molecule has 2 aromatic heterocycles. The van der Waals surface area contributed by atoms with Gasteiger partial charge in [-0.15, -0.1) is 12.4 Å². The first-order chi connectivity index (χ1) is 14.1. The van der Waals surface area contributed by atoms with Gasteiger partial charge in [-0.05, 0) is 57.0 Å². The highest BCUT2D eigenvalue weighted by Gasteiger charge is 2.21. The molecule has 3 aromatic rings. The van der Waals surface area contributed by atoms with E-state index < -0.39 is 0 Å². The van der Waals surface area contributed by atoms with Gasteiger partial charge >= 0.3 is 0 Å². The Labute approximate surface area is 181 Å². The molecule has 30 heavy (non-hydrogen) atoms. The Kier molecular flexibility index (Phi) is 7.29. The Balaban J connectivity index is 0.00000256. The predicted molar refractivity (Wildman–Crippen MR) is 121 cm³/mol. The fraction of sp³-hybridized carbons (Fsp3) is 0.409. The summed E-state index contributed by atoms with van der Waals surface area (Å²) in [5.41, 5.74) is 1.88. The standard InChI is InChI=1S/C22H27N5O2.ClH/c1-16-9-14-26(18-7-11-23-12-8-18)22(29)20(16)21(28)24-10-4-13-27-19-6-3-2-5-17(19)15-25-27;/h2-3,5-6,9,14-15,18,23H,4,7-8,10-13H2,1H3,(H,24,28);1H. The number of carbonyl (C=O) groups is 1. The maximum Gasteiger partial charge on any atom is 0.263 e. The van der Waals surface area contributed by atoms with Crippen molar-refractivity contribution in [1.29, 1.82) is 0 Å². The number of nitrogens with one attached hydrogen (secondary N) is 2. The minimum absolute atomic E-state index is 0. The van der Waals surface area contributed by atoms with Gasteiger partial charge in [0.2, 0.25) is 0 Å². The summed E-state index contributed by atoms with van der Waals surface area (Å²) in [5, 5.41) is 11.7. The van der Waals surface area contributed by atoms with Crippen molar-refractivity contribution in [2.45, 2.75) is 38.8 Å². The van der Waals surface area contributed by atoms with Crippen molar-refractivity contribution in [1.82, 2.24) is 25.0 Å². The number of amides is 1. The third kappa shape index (κ3) is 4.57. The number of halogens is 1. The molecule has 3 heterocycles. The number of hydrogen-bond donors (Lipinski definition) is 2. The molecule has 7 nitrogen and oxygen atoms in total. The Hall–Kier alpha value is -2.64. The SMILES string of the molecule is Cc1ccn(C2CCNCC2)c(=O)c1C(=O)NCCCn1ncc2ccccc21.Cl. The number of benzene rings is 1. The molecule has 0 bridgehead atoms. The van der Waals surface area contributed by atoms with Crippen molar-refractivity contribution < 1.29 is 4.79 Å². The second-order valence-corrected chi connectivity index (χ2v) is 7.60. The summed E-state index contributed by atoms with van der Waals surface area (Å²) in [5.74, 6) is -0.291. The lowest BCUT2D eigenvalue weighted by molar-refractivity contribution is 0.0949. The third-order valence-electron chi connectivity index (χ3n) is 5.64. The van der Waals surface area contributed by atoms with Gasteiger partial charge in [-0.2, -0.15) is 5.10 Å². The van der Waals surface area contributed by atoms with E-state index >= 15 is 0 Å². The molecule has 0 saturated carbocycles. The third-order valence-corrected chi connectivity index (χ3v) is 5.64. The van der Waals surface area contributed by atoms with E-state index in [1.54, 1.807) is 4.57 Å². The molecule has 1 aliphatic heterocycles. The Morgan fingerprint density at radius 3 is 2.80 bits per heavy atom. The molecule has 0 atom stereocenters. The molecule has 0 unspecified atom stereocenters. The van der Waals surface area contributed by atoms with Crippen molar-refractivity contribution in [2.75, 3.05) is 19.6 Å². The van der Waals surface area contributed by atoms with Gasteiger partial charge in [0.15, 0.2) is 0 Å². The number of carbonyl (C=O) groups excluding carboxylic acids is 1. The van der Waals surface area contributed by atoms with Gasteiger partial charge in [-0.3, -0.25) is 14.3 Å². The van der Waals surface area contributed by atoms with Crippen LogP contribution < -0.4 is 16.2 Å². The number of aromatic nitrogens is 3. The topological polar surface area (TPSA) is 81.0 Å². The van der Waals surface area contributed by atoms with Gasteiger partial charge in [-0.25, -0.2) is 0 Å². The molecular weight excluding hydrogens is 402 g/mol. The fourth-order valence-corrected chi connectivity index (χ4v) is 4.01. The summed E-state index contributed by atoms with van der Waals surface area (Å²) in [7, 11) is 0. The minimum Gasteiger partial charge on any atom is -0.352 e. The molecule has 1 aromatic carbocycles. The zero-order chi connectivity index (χ0) is 20.2. The molecule has 0 radical (unpaired) electrons. The number of hydrogen-bond acceptors (Lipinski definition) is 4. The van der Waals surface area contributed by atoms with Gasteiger partial charge in [0, 0.05) is 30.7 Å². The van der Waals surface area contributed by atoms with Crippen LogP contribution in [0.4, 0.5) is 0 Å². The van der Waals surface area contributed by atoms with Crippen LogP contribution in [0.5, 0.6) is 0 Å². The second kappa shape index (κ2) is 9.91. The molecule has 8 heteroatoms. The van der Waals surface area contributed by atoms with Gasteiger partial charge in [0.05, 0.1) is 11.7 Å². The summed E-state index contributed by atoms with van der Waals surface area (Å²) in [4.78, 5) is 25.7. The van der Waals surface area contributed by atoms with E-state index in [-0.39, 0.29) is 35.5 Å². The highest BCUT2D eigenvalue weighted by atomic mass is 35.5. The zero-order valence-electron chi connectivity index (χ0n) is 17.1. The molecule has 0 spiro atoms. The number of fused-ring (bicyclic) bond motifs is 1. The van der Waals surface area contributed by atoms with Crippen molar-refractivity contribution >= 4 is 29.2 Å². The quantitative estimate of drug-likeness (QED) is 0.590. The van der Waals surface area contributed by atoms with E-state index in [2.05, 4.69) is 15.7 Å². The van der Waals surface area contributed by atoms with Crippen molar-refractivity contribution in [2.24, 2.45) is 0 Å². The molecule has 4 rings (SSSR count). The molecule has 1 fully saturated rings. The maximum absolute atomic E-state index is 13.0. The van der Waals surface area contributed by atoms with Crippen molar-refractivity contribution in [3.63, 3.8) is 0 Å². The van der Waals surface area contributed by atoms with Crippen LogP contribution in [0.3, 0.4) is 0 Å². The molecule has 0 aliphatic carbocycles. The Morgan fingerprint density at radius 2 is 2.00 bits per heavy atom. The predicted octanol–water partition coefficient (Wildman–Crippen LogP) is 2.67. The lowest BCUT2D eigenvalue weighted by atomic mass is 10.0. The normalized spacial score (nSPS) is 14.4. The summed E-state index contributed by atoms with van der Waals surface area (Å²) in [6.45, 7) is 4.82. The number of para-hydroxylation sites is 1. The summed E-state index contributed by atoms with van der Waals surface area (Å²) in [6.07, 6.45) is 6.23. The lowest BCUT2D eigenvalue weighted by Crippen LogP contribution is -2.38. The second-order valence-electron chi connectivity index (χ2n) is 7.60. The van der Waals surface area contributed by atoms with Crippen LogP contribution in [0.25, 0.3) is 10.9 Å². The summed E-state index contributed by atoms with van der Waals surface area (Å²) >= 11 is 0. The maximum atomic E-state index is 13.0. The van der Waals surface area contributed by atoms with Crippen LogP contribution in [0, 0.1) is 6.92 Å². The number of nitrogens with zero attached hydrogens (tertiary/aromatic N) is 3. The first-order valence-electron chi connectivity index (χ1n) is 10.3. The van der Waals surface area contributed by atoms with Crippen LogP contribution in [0.2, 0.25) is 0 Å². The number of aryl methyl sites for hydroxylation is 2. The average Bonchev–Trinajstić information content (AvgIpc) is 3.15. The number of piperidine rings is 1. The Morgan fingerprint density at radius 1 is 1.23 bits per heavy atom. The van der Waals surface area contributed by atoms with Gasteiger partial charge in [0.1, 0.15) is 5.56 Å². The molecular formula is C22H28ClN5O2. The molecule has 1 saturated heterocycles. The summed E-state index contributed by atoms with van der Waals surface area (Å²) < 4.78 is 3.68. The van der Waals surface area contributed by atoms with Crippen LogP contribution in [0.1, 0.15) is 41.2 Å². The molecule has 2 N–H and O–H groups in total. The van der Waals surface area contributed by atoms with Crippen LogP contribution in [-0.2, 0) is 6.54 Å². The lowest BCUT2D eigenvalue weighted by Gasteiger charge is -2.25. The van der Waals surface area contributed by atoms with E-state index in [0.29, 0.717) is 13.1 Å². The monoisotopic (exact) mass is 429 g/mol. The van der Waals surface area contributed by atoms with Gasteiger partial charge in [0.25, 0.3) is 11.5 Å². The number of rotatable bonds is 6. The Bertz CT molecular complexity index is 1070.